The van der Waals surface area contributed by atoms with Crippen LogP contribution in [0.15, 0.2) is 0 Å². The zero-order valence-electron chi connectivity index (χ0n) is 10.6. The lowest BCUT2D eigenvalue weighted by molar-refractivity contribution is -0.149. The normalized spacial score (nSPS) is 35.7. The van der Waals surface area contributed by atoms with Crippen LogP contribution in [0.1, 0.15) is 45.4 Å². The van der Waals surface area contributed by atoms with Crippen molar-refractivity contribution in [1.29, 1.82) is 0 Å². The summed E-state index contributed by atoms with van der Waals surface area (Å²) in [4.78, 5) is 13.3. The highest BCUT2D eigenvalue weighted by Gasteiger charge is 2.32. The van der Waals surface area contributed by atoms with Gasteiger partial charge in [-0.2, -0.15) is 0 Å². The molecule has 0 aromatic heterocycles. The van der Waals surface area contributed by atoms with Crippen molar-refractivity contribution in [3.05, 3.63) is 0 Å². The number of carboxylic acids is 1. The van der Waals surface area contributed by atoms with Crippen LogP contribution in [0.3, 0.4) is 0 Å². The standard InChI is InChI=1S/C13H23NO3/c1-10-5-3-2-4-8-14(10)9-11-6-7-12(17-11)13(15)16/h10-12H,2-9H2,1H3,(H,15,16). The molecule has 98 valence electrons. The second kappa shape index (κ2) is 5.83. The predicted molar refractivity (Wildman–Crippen MR) is 65.0 cm³/mol. The van der Waals surface area contributed by atoms with Gasteiger partial charge in [0.05, 0.1) is 6.10 Å². The Balaban J connectivity index is 1.82. The lowest BCUT2D eigenvalue weighted by Gasteiger charge is -2.29. The van der Waals surface area contributed by atoms with E-state index in [4.69, 9.17) is 9.84 Å². The lowest BCUT2D eigenvalue weighted by atomic mass is 10.1. The first-order valence-electron chi connectivity index (χ1n) is 6.79. The Morgan fingerprint density at radius 3 is 2.82 bits per heavy atom. The molecule has 4 nitrogen and oxygen atoms in total. The van der Waals surface area contributed by atoms with Crippen molar-refractivity contribution in [2.24, 2.45) is 0 Å². The van der Waals surface area contributed by atoms with Crippen molar-refractivity contribution in [3.63, 3.8) is 0 Å². The number of aliphatic carboxylic acids is 1. The molecule has 0 spiro atoms. The highest BCUT2D eigenvalue weighted by atomic mass is 16.5. The molecule has 0 amide bonds. The van der Waals surface area contributed by atoms with Crippen LogP contribution in [0.25, 0.3) is 0 Å². The van der Waals surface area contributed by atoms with E-state index in [9.17, 15) is 4.79 Å². The van der Waals surface area contributed by atoms with E-state index in [-0.39, 0.29) is 6.10 Å². The first-order valence-corrected chi connectivity index (χ1v) is 6.79. The molecule has 2 fully saturated rings. The molecule has 0 aliphatic carbocycles. The van der Waals surface area contributed by atoms with Gasteiger partial charge in [0.1, 0.15) is 0 Å². The molecule has 4 heteroatoms. The maximum absolute atomic E-state index is 10.8. The molecule has 0 bridgehead atoms. The fourth-order valence-electron chi connectivity index (χ4n) is 2.89. The summed E-state index contributed by atoms with van der Waals surface area (Å²) < 4.78 is 5.57. The molecule has 0 aromatic carbocycles. The number of hydrogen-bond acceptors (Lipinski definition) is 3. The van der Waals surface area contributed by atoms with Crippen molar-refractivity contribution in [2.45, 2.75) is 63.7 Å². The summed E-state index contributed by atoms with van der Waals surface area (Å²) in [7, 11) is 0. The van der Waals surface area contributed by atoms with Crippen LogP contribution in [-0.4, -0.2) is 47.3 Å². The van der Waals surface area contributed by atoms with E-state index in [1.807, 2.05) is 0 Å². The van der Waals surface area contributed by atoms with E-state index in [0.29, 0.717) is 12.5 Å². The second-order valence-corrected chi connectivity index (χ2v) is 5.36. The van der Waals surface area contributed by atoms with Gasteiger partial charge in [-0.05, 0) is 39.2 Å². The Kier molecular flexibility index (Phi) is 4.40. The van der Waals surface area contributed by atoms with Crippen LogP contribution in [0, 0.1) is 0 Å². The number of rotatable bonds is 3. The molecule has 2 rings (SSSR count). The van der Waals surface area contributed by atoms with E-state index >= 15 is 0 Å². The Morgan fingerprint density at radius 1 is 1.29 bits per heavy atom. The van der Waals surface area contributed by atoms with Gasteiger partial charge in [-0.25, -0.2) is 4.79 Å². The van der Waals surface area contributed by atoms with Crippen LogP contribution in [0.5, 0.6) is 0 Å². The van der Waals surface area contributed by atoms with E-state index in [1.54, 1.807) is 0 Å². The van der Waals surface area contributed by atoms with Crippen molar-refractivity contribution in [2.75, 3.05) is 13.1 Å². The van der Waals surface area contributed by atoms with Crippen molar-refractivity contribution < 1.29 is 14.6 Å². The average molecular weight is 241 g/mol. The minimum absolute atomic E-state index is 0.122. The van der Waals surface area contributed by atoms with Crippen molar-refractivity contribution in [1.82, 2.24) is 4.90 Å². The van der Waals surface area contributed by atoms with Gasteiger partial charge in [0.2, 0.25) is 0 Å². The molecule has 3 atom stereocenters. The van der Waals surface area contributed by atoms with Crippen LogP contribution in [0.4, 0.5) is 0 Å². The average Bonchev–Trinajstić information content (AvgIpc) is 2.66. The number of likely N-dealkylation sites (tertiary alicyclic amines) is 1. The Labute approximate surface area is 103 Å². The van der Waals surface area contributed by atoms with Gasteiger partial charge in [-0.1, -0.05) is 12.8 Å². The largest absolute Gasteiger partial charge is 0.479 e. The Morgan fingerprint density at radius 2 is 2.12 bits per heavy atom. The van der Waals surface area contributed by atoms with Crippen LogP contribution in [0.2, 0.25) is 0 Å². The summed E-state index contributed by atoms with van der Waals surface area (Å²) in [6.07, 6.45) is 6.28. The zero-order valence-corrected chi connectivity index (χ0v) is 10.6. The maximum atomic E-state index is 10.8. The number of carbonyl (C=O) groups is 1. The molecule has 3 unspecified atom stereocenters. The third kappa shape index (κ3) is 3.42. The summed E-state index contributed by atoms with van der Waals surface area (Å²) in [5.41, 5.74) is 0. The van der Waals surface area contributed by atoms with Gasteiger partial charge in [0.15, 0.2) is 6.10 Å². The van der Waals surface area contributed by atoms with Gasteiger partial charge in [-0.3, -0.25) is 4.90 Å². The monoisotopic (exact) mass is 241 g/mol. The fraction of sp³-hybridized carbons (Fsp3) is 0.923. The third-order valence-electron chi connectivity index (χ3n) is 4.01. The van der Waals surface area contributed by atoms with Crippen LogP contribution < -0.4 is 0 Å². The molecule has 17 heavy (non-hydrogen) atoms. The Bertz CT molecular complexity index is 269. The number of ether oxygens (including phenoxy) is 1. The first-order chi connectivity index (χ1) is 8.16. The van der Waals surface area contributed by atoms with E-state index in [2.05, 4.69) is 11.8 Å². The van der Waals surface area contributed by atoms with E-state index < -0.39 is 12.1 Å². The number of carboxylic acid groups (broad SMARTS) is 1. The van der Waals surface area contributed by atoms with Gasteiger partial charge in [0.25, 0.3) is 0 Å². The minimum Gasteiger partial charge on any atom is -0.479 e. The van der Waals surface area contributed by atoms with E-state index in [0.717, 1.165) is 19.5 Å². The van der Waals surface area contributed by atoms with Crippen LogP contribution in [-0.2, 0) is 9.53 Å². The maximum Gasteiger partial charge on any atom is 0.332 e. The molecule has 2 saturated heterocycles. The highest BCUT2D eigenvalue weighted by molar-refractivity contribution is 5.72. The SMILES string of the molecule is CC1CCCCCN1CC1CCC(C(=O)O)O1. The Hall–Kier alpha value is -0.610. The molecule has 2 heterocycles. The van der Waals surface area contributed by atoms with Crippen molar-refractivity contribution in [3.8, 4) is 0 Å². The second-order valence-electron chi connectivity index (χ2n) is 5.36. The molecule has 0 radical (unpaired) electrons. The molecule has 0 saturated carbocycles. The minimum atomic E-state index is -0.809. The molecular weight excluding hydrogens is 218 g/mol. The van der Waals surface area contributed by atoms with E-state index in [1.165, 1.54) is 25.7 Å². The summed E-state index contributed by atoms with van der Waals surface area (Å²) in [5.74, 6) is -0.809. The fourth-order valence-corrected chi connectivity index (χ4v) is 2.89. The lowest BCUT2D eigenvalue weighted by Crippen LogP contribution is -2.39. The molecule has 2 aliphatic rings. The summed E-state index contributed by atoms with van der Waals surface area (Å²) >= 11 is 0. The van der Waals surface area contributed by atoms with Gasteiger partial charge in [-0.15, -0.1) is 0 Å². The summed E-state index contributed by atoms with van der Waals surface area (Å²) in [5, 5.41) is 8.90. The number of hydrogen-bond donors (Lipinski definition) is 1. The quantitative estimate of drug-likeness (QED) is 0.819. The van der Waals surface area contributed by atoms with Gasteiger partial charge in [0, 0.05) is 12.6 Å². The molecule has 1 N–H and O–H groups in total. The zero-order chi connectivity index (χ0) is 12.3. The highest BCUT2D eigenvalue weighted by Crippen LogP contribution is 2.23. The summed E-state index contributed by atoms with van der Waals surface area (Å²) in [6.45, 7) is 4.32. The van der Waals surface area contributed by atoms with Crippen molar-refractivity contribution >= 4 is 5.97 Å². The summed E-state index contributed by atoms with van der Waals surface area (Å²) in [6, 6.07) is 0.616. The topological polar surface area (TPSA) is 49.8 Å². The predicted octanol–water partition coefficient (Wildman–Crippen LogP) is 1.88. The molecule has 2 aliphatic heterocycles. The third-order valence-corrected chi connectivity index (χ3v) is 4.01. The molecule has 0 aromatic rings. The first kappa shape index (κ1) is 12.8. The smallest absolute Gasteiger partial charge is 0.332 e. The number of nitrogens with zero attached hydrogens (tertiary/aromatic N) is 1. The van der Waals surface area contributed by atoms with Crippen LogP contribution >= 0.6 is 0 Å². The van der Waals surface area contributed by atoms with Gasteiger partial charge < -0.3 is 9.84 Å². The van der Waals surface area contributed by atoms with Gasteiger partial charge >= 0.3 is 5.97 Å². The molecular formula is C13H23NO3.